The molecule has 13 heavy (non-hydrogen) atoms. The fraction of sp³-hybridized carbons (Fsp3) is 0.889. The zero-order valence-electron chi connectivity index (χ0n) is 7.87. The van der Waals surface area contributed by atoms with E-state index in [2.05, 4.69) is 0 Å². The molecule has 1 atom stereocenters. The Hall–Kier alpha value is -0.280. The Balaban J connectivity index is 2.50. The van der Waals surface area contributed by atoms with Crippen molar-refractivity contribution in [2.45, 2.75) is 37.6 Å². The van der Waals surface area contributed by atoms with Gasteiger partial charge in [-0.1, -0.05) is 0 Å². The van der Waals surface area contributed by atoms with Crippen molar-refractivity contribution in [1.82, 2.24) is 4.90 Å². The Morgan fingerprint density at radius 3 is 2.62 bits per heavy atom. The number of alkyl halides is 1. The molecule has 3 nitrogen and oxygen atoms in total. The summed E-state index contributed by atoms with van der Waals surface area (Å²) in [5.41, 5.74) is 0. The minimum Gasteiger partial charge on any atom is -0.395 e. The van der Waals surface area contributed by atoms with Crippen LogP contribution in [0.1, 0.15) is 26.2 Å². The largest absolute Gasteiger partial charge is 0.395 e. The van der Waals surface area contributed by atoms with Crippen molar-refractivity contribution in [3.8, 4) is 0 Å². The SMILES string of the molecule is CC(Cl)C(=O)N(CCO)C1CCC1. The van der Waals surface area contributed by atoms with Gasteiger partial charge in [0.15, 0.2) is 0 Å². The first-order valence-electron chi connectivity index (χ1n) is 4.72. The Bertz CT molecular complexity index is 180. The van der Waals surface area contributed by atoms with Gasteiger partial charge in [-0.15, -0.1) is 11.6 Å². The zero-order valence-corrected chi connectivity index (χ0v) is 8.63. The second-order valence-corrected chi connectivity index (χ2v) is 4.11. The summed E-state index contributed by atoms with van der Waals surface area (Å²) in [6.07, 6.45) is 3.28. The van der Waals surface area contributed by atoms with Gasteiger partial charge in [0, 0.05) is 12.6 Å². The van der Waals surface area contributed by atoms with E-state index in [1.807, 2.05) is 0 Å². The van der Waals surface area contributed by atoms with E-state index in [1.54, 1.807) is 11.8 Å². The second kappa shape index (κ2) is 4.82. The molecule has 0 aliphatic heterocycles. The van der Waals surface area contributed by atoms with Gasteiger partial charge in [0.2, 0.25) is 5.91 Å². The van der Waals surface area contributed by atoms with E-state index >= 15 is 0 Å². The quantitative estimate of drug-likeness (QED) is 0.696. The number of rotatable bonds is 4. The second-order valence-electron chi connectivity index (χ2n) is 3.46. The van der Waals surface area contributed by atoms with E-state index in [0.29, 0.717) is 12.6 Å². The molecule has 0 bridgehead atoms. The van der Waals surface area contributed by atoms with Gasteiger partial charge >= 0.3 is 0 Å². The van der Waals surface area contributed by atoms with E-state index in [4.69, 9.17) is 16.7 Å². The van der Waals surface area contributed by atoms with E-state index in [9.17, 15) is 4.79 Å². The molecule has 0 aromatic rings. The average molecular weight is 206 g/mol. The van der Waals surface area contributed by atoms with Crippen LogP contribution in [0.3, 0.4) is 0 Å². The number of carbonyl (C=O) groups is 1. The molecule has 0 spiro atoms. The number of hydrogen-bond donors (Lipinski definition) is 1. The van der Waals surface area contributed by atoms with E-state index < -0.39 is 5.38 Å². The summed E-state index contributed by atoms with van der Waals surface area (Å²) in [5.74, 6) is -0.0552. The number of aliphatic hydroxyl groups is 1. The summed E-state index contributed by atoms with van der Waals surface area (Å²) < 4.78 is 0. The molecule has 1 rings (SSSR count). The average Bonchev–Trinajstić information content (AvgIpc) is 1.99. The number of amides is 1. The fourth-order valence-corrected chi connectivity index (χ4v) is 1.63. The van der Waals surface area contributed by atoms with E-state index in [0.717, 1.165) is 12.8 Å². The molecule has 0 heterocycles. The van der Waals surface area contributed by atoms with Gasteiger partial charge in [-0.05, 0) is 26.2 Å². The van der Waals surface area contributed by atoms with Crippen molar-refractivity contribution in [3.05, 3.63) is 0 Å². The predicted octanol–water partition coefficient (Wildman–Crippen LogP) is 0.987. The third kappa shape index (κ3) is 2.58. The monoisotopic (exact) mass is 205 g/mol. The number of aliphatic hydroxyl groups excluding tert-OH is 1. The Morgan fingerprint density at radius 2 is 2.31 bits per heavy atom. The molecule has 1 aliphatic carbocycles. The van der Waals surface area contributed by atoms with Crippen LogP contribution in [-0.2, 0) is 4.79 Å². The lowest BCUT2D eigenvalue weighted by Crippen LogP contribution is -2.48. The Kier molecular flexibility index (Phi) is 4.00. The molecule has 4 heteroatoms. The third-order valence-corrected chi connectivity index (χ3v) is 2.67. The molecule has 0 radical (unpaired) electrons. The van der Waals surface area contributed by atoms with Crippen molar-refractivity contribution in [3.63, 3.8) is 0 Å². The lowest BCUT2D eigenvalue weighted by molar-refractivity contribution is -0.135. The molecule has 1 amide bonds. The first-order chi connectivity index (χ1) is 6.16. The van der Waals surface area contributed by atoms with Crippen molar-refractivity contribution in [2.24, 2.45) is 0 Å². The maximum absolute atomic E-state index is 11.6. The summed E-state index contributed by atoms with van der Waals surface area (Å²) in [6.45, 7) is 2.11. The van der Waals surface area contributed by atoms with E-state index in [1.165, 1.54) is 6.42 Å². The molecular weight excluding hydrogens is 190 g/mol. The molecular formula is C9H16ClNO2. The number of nitrogens with zero attached hydrogens (tertiary/aromatic N) is 1. The van der Waals surface area contributed by atoms with E-state index in [-0.39, 0.29) is 12.5 Å². The van der Waals surface area contributed by atoms with Crippen LogP contribution in [-0.4, -0.2) is 40.5 Å². The first-order valence-corrected chi connectivity index (χ1v) is 5.16. The highest BCUT2D eigenvalue weighted by atomic mass is 35.5. The lowest BCUT2D eigenvalue weighted by Gasteiger charge is -2.37. The maximum Gasteiger partial charge on any atom is 0.240 e. The van der Waals surface area contributed by atoms with Gasteiger partial charge in [-0.3, -0.25) is 4.79 Å². The highest BCUT2D eigenvalue weighted by Crippen LogP contribution is 2.25. The fourth-order valence-electron chi connectivity index (χ4n) is 1.51. The minimum absolute atomic E-state index is 0.0197. The lowest BCUT2D eigenvalue weighted by atomic mass is 9.91. The number of carbonyl (C=O) groups excluding carboxylic acids is 1. The van der Waals surface area contributed by atoms with Crippen LogP contribution < -0.4 is 0 Å². The molecule has 0 aromatic heterocycles. The highest BCUT2D eigenvalue weighted by molar-refractivity contribution is 6.30. The van der Waals surface area contributed by atoms with Gasteiger partial charge in [-0.25, -0.2) is 0 Å². The van der Waals surface area contributed by atoms with Gasteiger partial charge in [0.1, 0.15) is 5.38 Å². The van der Waals surface area contributed by atoms with Crippen LogP contribution in [0.4, 0.5) is 0 Å². The topological polar surface area (TPSA) is 40.5 Å². The van der Waals surface area contributed by atoms with Crippen LogP contribution in [0.2, 0.25) is 0 Å². The molecule has 0 aromatic carbocycles. The van der Waals surface area contributed by atoms with Crippen LogP contribution in [0.25, 0.3) is 0 Å². The molecule has 1 unspecified atom stereocenters. The third-order valence-electron chi connectivity index (χ3n) is 2.48. The first kappa shape index (κ1) is 10.8. The summed E-state index contributed by atoms with van der Waals surface area (Å²) in [4.78, 5) is 13.3. The Labute approximate surface area is 83.7 Å². The molecule has 1 fully saturated rings. The maximum atomic E-state index is 11.6. The van der Waals surface area contributed by atoms with Gasteiger partial charge < -0.3 is 10.0 Å². The van der Waals surface area contributed by atoms with Crippen molar-refractivity contribution >= 4 is 17.5 Å². The number of hydrogen-bond acceptors (Lipinski definition) is 2. The van der Waals surface area contributed by atoms with Crippen molar-refractivity contribution in [1.29, 1.82) is 0 Å². The summed E-state index contributed by atoms with van der Waals surface area (Å²) in [6, 6.07) is 0.320. The molecule has 76 valence electrons. The predicted molar refractivity (Wildman–Crippen MR) is 51.8 cm³/mol. The highest BCUT2D eigenvalue weighted by Gasteiger charge is 2.29. The van der Waals surface area contributed by atoms with Crippen LogP contribution >= 0.6 is 11.6 Å². The van der Waals surface area contributed by atoms with Crippen molar-refractivity contribution in [2.75, 3.05) is 13.2 Å². The molecule has 0 saturated heterocycles. The molecule has 1 N–H and O–H groups in total. The summed E-state index contributed by atoms with van der Waals surface area (Å²) in [5, 5.41) is 8.32. The van der Waals surface area contributed by atoms with Crippen LogP contribution in [0.15, 0.2) is 0 Å². The van der Waals surface area contributed by atoms with Gasteiger partial charge in [0.05, 0.1) is 6.61 Å². The van der Waals surface area contributed by atoms with Crippen molar-refractivity contribution < 1.29 is 9.90 Å². The molecule has 1 saturated carbocycles. The number of halogens is 1. The van der Waals surface area contributed by atoms with Gasteiger partial charge in [-0.2, -0.15) is 0 Å². The zero-order chi connectivity index (χ0) is 9.84. The summed E-state index contributed by atoms with van der Waals surface area (Å²) in [7, 11) is 0. The molecule has 1 aliphatic rings. The minimum atomic E-state index is -0.479. The van der Waals surface area contributed by atoms with Crippen LogP contribution in [0, 0.1) is 0 Å². The normalized spacial score (nSPS) is 19.3. The Morgan fingerprint density at radius 1 is 1.69 bits per heavy atom. The van der Waals surface area contributed by atoms with Gasteiger partial charge in [0.25, 0.3) is 0 Å². The smallest absolute Gasteiger partial charge is 0.240 e. The van der Waals surface area contributed by atoms with Crippen LogP contribution in [0.5, 0.6) is 0 Å². The standard InChI is InChI=1S/C9H16ClNO2/c1-7(10)9(13)11(5-6-12)8-3-2-4-8/h7-8,12H,2-6H2,1H3. The summed E-state index contributed by atoms with van der Waals surface area (Å²) >= 11 is 5.71.